The van der Waals surface area contributed by atoms with Gasteiger partial charge in [0.25, 0.3) is 0 Å². The Hall–Kier alpha value is -0.810. The number of halogens is 1. The van der Waals surface area contributed by atoms with Crippen molar-refractivity contribution in [3.05, 3.63) is 23.0 Å². The van der Waals surface area contributed by atoms with Gasteiger partial charge in [-0.2, -0.15) is 0 Å². The van der Waals surface area contributed by atoms with Crippen LogP contribution >= 0.6 is 11.6 Å². The van der Waals surface area contributed by atoms with Crippen LogP contribution < -0.4 is 4.72 Å². The van der Waals surface area contributed by atoms with Crippen LogP contribution in [-0.4, -0.2) is 19.2 Å². The molecule has 0 fully saturated rings. The number of sulfonamides is 1. The third kappa shape index (κ3) is 4.52. The molecule has 1 aromatic heterocycles. The van der Waals surface area contributed by atoms with Crippen LogP contribution in [0.1, 0.15) is 25.8 Å². The van der Waals surface area contributed by atoms with Crippen molar-refractivity contribution in [1.29, 1.82) is 0 Å². The van der Waals surface area contributed by atoms with E-state index in [0.717, 1.165) is 5.56 Å². The van der Waals surface area contributed by atoms with E-state index in [2.05, 4.69) is 9.71 Å². The molecule has 4 nitrogen and oxygen atoms in total. The molecular formula is C11H17ClN2O2S. The standard InChI is InChI=1S/C11H17ClN2O2S/c1-8(2)5-7-17(15,16)14-10-9(3)4-6-13-11(10)12/h4,6,8,14H,5,7H2,1-3H3. The number of hydrogen-bond acceptors (Lipinski definition) is 3. The van der Waals surface area contributed by atoms with Gasteiger partial charge in [-0.3, -0.25) is 4.72 Å². The van der Waals surface area contributed by atoms with E-state index in [4.69, 9.17) is 11.6 Å². The average molecular weight is 277 g/mol. The number of nitrogens with zero attached hydrogens (tertiary/aromatic N) is 1. The quantitative estimate of drug-likeness (QED) is 0.842. The molecule has 0 aliphatic carbocycles. The lowest BCUT2D eigenvalue weighted by Crippen LogP contribution is -2.19. The summed E-state index contributed by atoms with van der Waals surface area (Å²) in [5, 5.41) is 0.179. The molecule has 0 aromatic carbocycles. The van der Waals surface area contributed by atoms with Gasteiger partial charge in [0.1, 0.15) is 0 Å². The Balaban J connectivity index is 2.83. The van der Waals surface area contributed by atoms with E-state index in [9.17, 15) is 8.42 Å². The van der Waals surface area contributed by atoms with Gasteiger partial charge in [-0.15, -0.1) is 0 Å². The Morgan fingerprint density at radius 2 is 2.12 bits per heavy atom. The van der Waals surface area contributed by atoms with E-state index >= 15 is 0 Å². The normalized spacial score (nSPS) is 11.8. The van der Waals surface area contributed by atoms with Gasteiger partial charge < -0.3 is 0 Å². The summed E-state index contributed by atoms with van der Waals surface area (Å²) < 4.78 is 26.1. The summed E-state index contributed by atoms with van der Waals surface area (Å²) in [6.45, 7) is 5.75. The van der Waals surface area contributed by atoms with Crippen molar-refractivity contribution in [2.24, 2.45) is 5.92 Å². The van der Waals surface area contributed by atoms with Crippen LogP contribution in [0.15, 0.2) is 12.3 Å². The number of rotatable bonds is 5. The van der Waals surface area contributed by atoms with Gasteiger partial charge in [0.2, 0.25) is 10.0 Å². The summed E-state index contributed by atoms with van der Waals surface area (Å²) in [5.74, 6) is 0.437. The number of hydrogen-bond donors (Lipinski definition) is 1. The zero-order valence-electron chi connectivity index (χ0n) is 10.2. The van der Waals surface area contributed by atoms with E-state index < -0.39 is 10.0 Å². The summed E-state index contributed by atoms with van der Waals surface area (Å²) in [6, 6.07) is 1.71. The molecule has 1 N–H and O–H groups in total. The number of aryl methyl sites for hydroxylation is 1. The molecule has 0 atom stereocenters. The van der Waals surface area contributed by atoms with Crippen LogP contribution in [0.2, 0.25) is 5.15 Å². The first-order chi connectivity index (χ1) is 7.82. The van der Waals surface area contributed by atoms with E-state index in [1.54, 1.807) is 19.2 Å². The molecule has 0 saturated heterocycles. The topological polar surface area (TPSA) is 59.1 Å². The first kappa shape index (κ1) is 14.3. The second-order valence-corrected chi connectivity index (χ2v) is 6.60. The molecule has 0 aliphatic rings. The molecule has 1 aromatic rings. The minimum absolute atomic E-state index is 0.0926. The van der Waals surface area contributed by atoms with E-state index in [1.165, 1.54) is 0 Å². The number of pyridine rings is 1. The number of nitrogens with one attached hydrogen (secondary N) is 1. The first-order valence-corrected chi connectivity index (χ1v) is 7.46. The minimum atomic E-state index is -3.35. The summed E-state index contributed by atoms with van der Waals surface area (Å²) in [4.78, 5) is 3.86. The smallest absolute Gasteiger partial charge is 0.232 e. The van der Waals surface area contributed by atoms with E-state index in [0.29, 0.717) is 18.0 Å². The lowest BCUT2D eigenvalue weighted by molar-refractivity contribution is 0.578. The molecule has 0 saturated carbocycles. The predicted octanol–water partition coefficient (Wildman–Crippen LogP) is 2.83. The lowest BCUT2D eigenvalue weighted by Gasteiger charge is -2.12. The Bertz CT molecular complexity index is 466. The highest BCUT2D eigenvalue weighted by Crippen LogP contribution is 2.24. The fraction of sp³-hybridized carbons (Fsp3) is 0.545. The van der Waals surface area contributed by atoms with Crippen LogP contribution in [0.25, 0.3) is 0 Å². The first-order valence-electron chi connectivity index (χ1n) is 5.43. The van der Waals surface area contributed by atoms with Gasteiger partial charge in [0.05, 0.1) is 11.4 Å². The second kappa shape index (κ2) is 5.69. The van der Waals surface area contributed by atoms with Crippen molar-refractivity contribution < 1.29 is 8.42 Å². The molecule has 0 aliphatic heterocycles. The van der Waals surface area contributed by atoms with Crippen LogP contribution in [0.4, 0.5) is 5.69 Å². The van der Waals surface area contributed by atoms with Gasteiger partial charge in [-0.05, 0) is 30.9 Å². The van der Waals surface area contributed by atoms with Crippen molar-refractivity contribution >= 4 is 27.3 Å². The second-order valence-electron chi connectivity index (χ2n) is 4.40. The van der Waals surface area contributed by atoms with Gasteiger partial charge in [0.15, 0.2) is 5.15 Å². The maximum Gasteiger partial charge on any atom is 0.232 e. The molecule has 1 rings (SSSR count). The Morgan fingerprint density at radius 1 is 1.47 bits per heavy atom. The van der Waals surface area contributed by atoms with Crippen molar-refractivity contribution in [3.8, 4) is 0 Å². The highest BCUT2D eigenvalue weighted by Gasteiger charge is 2.15. The lowest BCUT2D eigenvalue weighted by atomic mass is 10.2. The van der Waals surface area contributed by atoms with Crippen LogP contribution in [0, 0.1) is 12.8 Å². The molecule has 1 heterocycles. The molecule has 0 bridgehead atoms. The van der Waals surface area contributed by atoms with E-state index in [-0.39, 0.29) is 10.9 Å². The minimum Gasteiger partial charge on any atom is -0.280 e. The van der Waals surface area contributed by atoms with Crippen molar-refractivity contribution in [2.75, 3.05) is 10.5 Å². The van der Waals surface area contributed by atoms with Crippen LogP contribution in [0.5, 0.6) is 0 Å². The summed E-state index contributed by atoms with van der Waals surface area (Å²) in [5.41, 5.74) is 1.14. The summed E-state index contributed by atoms with van der Waals surface area (Å²) >= 11 is 5.86. The van der Waals surface area contributed by atoms with Gasteiger partial charge in [-0.1, -0.05) is 25.4 Å². The van der Waals surface area contributed by atoms with Gasteiger partial charge in [0, 0.05) is 6.20 Å². The fourth-order valence-corrected chi connectivity index (χ4v) is 3.01. The Kier molecular flexibility index (Phi) is 4.77. The zero-order chi connectivity index (χ0) is 13.1. The highest BCUT2D eigenvalue weighted by atomic mass is 35.5. The third-order valence-electron chi connectivity index (χ3n) is 2.33. The van der Waals surface area contributed by atoms with Crippen molar-refractivity contribution in [2.45, 2.75) is 27.2 Å². The third-order valence-corrected chi connectivity index (χ3v) is 3.91. The van der Waals surface area contributed by atoms with Crippen molar-refractivity contribution in [3.63, 3.8) is 0 Å². The molecule has 0 unspecified atom stereocenters. The summed E-state index contributed by atoms with van der Waals surface area (Å²) in [6.07, 6.45) is 2.16. The number of aromatic nitrogens is 1. The van der Waals surface area contributed by atoms with Crippen molar-refractivity contribution in [1.82, 2.24) is 4.98 Å². The molecule has 6 heteroatoms. The largest absolute Gasteiger partial charge is 0.280 e. The molecule has 0 spiro atoms. The molecule has 17 heavy (non-hydrogen) atoms. The molecule has 96 valence electrons. The van der Waals surface area contributed by atoms with Gasteiger partial charge >= 0.3 is 0 Å². The predicted molar refractivity (Wildman–Crippen MR) is 70.8 cm³/mol. The fourth-order valence-electron chi connectivity index (χ4n) is 1.25. The van der Waals surface area contributed by atoms with Crippen LogP contribution in [0.3, 0.4) is 0 Å². The van der Waals surface area contributed by atoms with E-state index in [1.807, 2.05) is 13.8 Å². The highest BCUT2D eigenvalue weighted by molar-refractivity contribution is 7.92. The monoisotopic (exact) mass is 276 g/mol. The molecular weight excluding hydrogens is 260 g/mol. The average Bonchev–Trinajstić information content (AvgIpc) is 2.21. The van der Waals surface area contributed by atoms with Crippen LogP contribution in [-0.2, 0) is 10.0 Å². The molecule has 0 amide bonds. The Morgan fingerprint density at radius 3 is 2.65 bits per heavy atom. The Labute approximate surface area is 107 Å². The SMILES string of the molecule is Cc1ccnc(Cl)c1NS(=O)(=O)CCC(C)C. The maximum atomic E-state index is 11.8. The zero-order valence-corrected chi connectivity index (χ0v) is 11.8. The van der Waals surface area contributed by atoms with Gasteiger partial charge in [-0.25, -0.2) is 13.4 Å². The maximum absolute atomic E-state index is 11.8. The molecule has 0 radical (unpaired) electrons. The number of anilines is 1. The summed E-state index contributed by atoms with van der Waals surface area (Å²) in [7, 11) is -3.35.